The van der Waals surface area contributed by atoms with Crippen molar-refractivity contribution in [2.75, 3.05) is 17.5 Å². The summed E-state index contributed by atoms with van der Waals surface area (Å²) in [5.41, 5.74) is 3.01. The van der Waals surface area contributed by atoms with Crippen molar-refractivity contribution >= 4 is 33.7 Å². The van der Waals surface area contributed by atoms with E-state index in [1.807, 2.05) is 18.2 Å². The molecule has 0 atom stereocenters. The predicted molar refractivity (Wildman–Crippen MR) is 129 cm³/mol. The molecule has 1 heterocycles. The van der Waals surface area contributed by atoms with E-state index in [0.29, 0.717) is 29.8 Å². The summed E-state index contributed by atoms with van der Waals surface area (Å²) in [6, 6.07) is 19.3. The van der Waals surface area contributed by atoms with Crippen molar-refractivity contribution < 1.29 is 27.1 Å². The lowest BCUT2D eigenvalue weighted by Gasteiger charge is -2.19. The van der Waals surface area contributed by atoms with Crippen LogP contribution in [0.2, 0.25) is 0 Å². The molecule has 0 aliphatic carbocycles. The lowest BCUT2D eigenvalue weighted by atomic mass is 10.2. The van der Waals surface area contributed by atoms with Gasteiger partial charge in [0.25, 0.3) is 15.9 Å². The molecule has 9 heteroatoms. The minimum absolute atomic E-state index is 0.159. The number of hydrogen-bond acceptors (Lipinski definition) is 5. The Balaban J connectivity index is 1.28. The fourth-order valence-electron chi connectivity index (χ4n) is 3.64. The number of carbonyl (C=O) groups excluding carboxylic acids is 2. The number of esters is 1. The molecular weight excluding hydrogens is 471 g/mol. The average Bonchev–Trinajstić information content (AvgIpc) is 3.31. The fourth-order valence-corrected chi connectivity index (χ4v) is 5.14. The van der Waals surface area contributed by atoms with Gasteiger partial charge >= 0.3 is 5.97 Å². The van der Waals surface area contributed by atoms with E-state index >= 15 is 0 Å². The number of rotatable bonds is 8. The van der Waals surface area contributed by atoms with Crippen molar-refractivity contribution in [3.8, 4) is 0 Å². The van der Waals surface area contributed by atoms with Crippen LogP contribution < -0.4 is 9.62 Å². The smallest absolute Gasteiger partial charge is 0.331 e. The van der Waals surface area contributed by atoms with Crippen molar-refractivity contribution in [3.05, 3.63) is 101 Å². The summed E-state index contributed by atoms with van der Waals surface area (Å²) in [5, 5.41) is 2.57. The summed E-state index contributed by atoms with van der Waals surface area (Å²) in [6.45, 7) is 0.121. The number of para-hydroxylation sites is 1. The number of nitrogens with one attached hydrogen (secondary N) is 1. The number of fused-ring (bicyclic) bond motifs is 1. The summed E-state index contributed by atoms with van der Waals surface area (Å²) >= 11 is 0. The number of halogens is 1. The Bertz CT molecular complexity index is 1350. The van der Waals surface area contributed by atoms with Crippen LogP contribution in [0, 0.1) is 5.82 Å². The van der Waals surface area contributed by atoms with E-state index in [0.717, 1.165) is 11.6 Å². The molecule has 3 aromatic rings. The first-order chi connectivity index (χ1) is 16.8. The number of hydrogen-bond donors (Lipinski definition) is 1. The Kier molecular flexibility index (Phi) is 7.26. The van der Waals surface area contributed by atoms with Crippen LogP contribution in [0.15, 0.2) is 83.8 Å². The molecule has 0 radical (unpaired) electrons. The van der Waals surface area contributed by atoms with Gasteiger partial charge in [0.05, 0.1) is 10.6 Å². The molecular formula is C26H23FN2O5S. The fraction of sp³-hybridized carbons (Fsp3) is 0.154. The van der Waals surface area contributed by atoms with Gasteiger partial charge in [0.1, 0.15) is 5.82 Å². The maximum atomic E-state index is 13.1. The Hall–Kier alpha value is -3.98. The van der Waals surface area contributed by atoms with Gasteiger partial charge in [-0.3, -0.25) is 9.10 Å². The third kappa shape index (κ3) is 5.93. The largest absolute Gasteiger partial charge is 0.452 e. The van der Waals surface area contributed by atoms with Gasteiger partial charge in [-0.05, 0) is 59.5 Å². The van der Waals surface area contributed by atoms with Gasteiger partial charge in [-0.15, -0.1) is 0 Å². The third-order valence-electron chi connectivity index (χ3n) is 5.47. The zero-order valence-electron chi connectivity index (χ0n) is 18.7. The molecule has 180 valence electrons. The van der Waals surface area contributed by atoms with E-state index in [1.165, 1.54) is 34.6 Å². The van der Waals surface area contributed by atoms with Crippen LogP contribution in [0.3, 0.4) is 0 Å². The van der Waals surface area contributed by atoms with Crippen LogP contribution >= 0.6 is 0 Å². The van der Waals surface area contributed by atoms with Crippen LogP contribution in [0.5, 0.6) is 0 Å². The first kappa shape index (κ1) is 24.2. The Labute approximate surface area is 202 Å². The zero-order valence-corrected chi connectivity index (χ0v) is 19.5. The molecule has 1 N–H and O–H groups in total. The van der Waals surface area contributed by atoms with Crippen molar-refractivity contribution in [1.82, 2.24) is 5.32 Å². The molecule has 1 aliphatic heterocycles. The van der Waals surface area contributed by atoms with Gasteiger partial charge in [0.2, 0.25) is 0 Å². The molecule has 0 aromatic heterocycles. The predicted octanol–water partition coefficient (Wildman–Crippen LogP) is 3.45. The van der Waals surface area contributed by atoms with E-state index in [2.05, 4.69) is 5.32 Å². The third-order valence-corrected chi connectivity index (χ3v) is 7.30. The summed E-state index contributed by atoms with van der Waals surface area (Å²) in [5.74, 6) is -1.57. The topological polar surface area (TPSA) is 92.8 Å². The van der Waals surface area contributed by atoms with Crippen LogP contribution in [0.4, 0.5) is 10.1 Å². The van der Waals surface area contributed by atoms with Crippen LogP contribution in [0.1, 0.15) is 16.7 Å². The van der Waals surface area contributed by atoms with E-state index in [1.54, 1.807) is 30.3 Å². The van der Waals surface area contributed by atoms with Gasteiger partial charge in [0.15, 0.2) is 6.61 Å². The molecule has 7 nitrogen and oxygen atoms in total. The first-order valence-electron chi connectivity index (χ1n) is 10.9. The highest BCUT2D eigenvalue weighted by molar-refractivity contribution is 7.92. The highest BCUT2D eigenvalue weighted by Gasteiger charge is 2.30. The monoisotopic (exact) mass is 494 g/mol. The van der Waals surface area contributed by atoms with Gasteiger partial charge in [-0.2, -0.15) is 0 Å². The average molecular weight is 495 g/mol. The van der Waals surface area contributed by atoms with Crippen LogP contribution in [-0.4, -0.2) is 33.4 Å². The molecule has 35 heavy (non-hydrogen) atoms. The highest BCUT2D eigenvalue weighted by Crippen LogP contribution is 2.32. The molecule has 0 saturated heterocycles. The van der Waals surface area contributed by atoms with Crippen molar-refractivity contribution in [3.63, 3.8) is 0 Å². The molecule has 3 aromatic carbocycles. The minimum Gasteiger partial charge on any atom is -0.452 e. The molecule has 0 spiro atoms. The summed E-state index contributed by atoms with van der Waals surface area (Å²) in [4.78, 5) is 23.9. The lowest BCUT2D eigenvalue weighted by Crippen LogP contribution is -2.29. The first-order valence-corrected chi connectivity index (χ1v) is 12.3. The van der Waals surface area contributed by atoms with Crippen molar-refractivity contribution in [1.29, 1.82) is 0 Å². The van der Waals surface area contributed by atoms with Crippen molar-refractivity contribution in [2.45, 2.75) is 17.9 Å². The number of sulfonamides is 1. The van der Waals surface area contributed by atoms with Gasteiger partial charge in [-0.1, -0.05) is 42.5 Å². The van der Waals surface area contributed by atoms with E-state index in [-0.39, 0.29) is 17.3 Å². The highest BCUT2D eigenvalue weighted by atomic mass is 32.2. The number of amides is 1. The standard InChI is InChI=1S/C26H23FN2O5S/c27-22-10-5-20(6-11-22)17-28-25(30)18-34-26(31)14-9-19-7-12-23(13-8-19)35(32,33)29-16-15-21-3-1-2-4-24(21)29/h1-14H,15-18H2,(H,28,30)/b14-9+. The number of ether oxygens (including phenoxy) is 1. The second-order valence-electron chi connectivity index (χ2n) is 7.87. The number of benzene rings is 3. The quantitative estimate of drug-likeness (QED) is 0.383. The Morgan fingerprint density at radius 1 is 1.00 bits per heavy atom. The summed E-state index contributed by atoms with van der Waals surface area (Å²) in [6.07, 6.45) is 3.30. The van der Waals surface area contributed by atoms with E-state index in [4.69, 9.17) is 4.74 Å². The maximum absolute atomic E-state index is 13.1. The van der Waals surface area contributed by atoms with E-state index < -0.39 is 28.5 Å². The van der Waals surface area contributed by atoms with Gasteiger partial charge in [0, 0.05) is 19.2 Å². The summed E-state index contributed by atoms with van der Waals surface area (Å²) < 4.78 is 45.3. The second-order valence-corrected chi connectivity index (χ2v) is 9.73. The van der Waals surface area contributed by atoms with Crippen LogP contribution in [-0.2, 0) is 37.3 Å². The molecule has 0 bridgehead atoms. The Morgan fingerprint density at radius 3 is 2.46 bits per heavy atom. The number of carbonyl (C=O) groups is 2. The summed E-state index contributed by atoms with van der Waals surface area (Å²) in [7, 11) is -3.69. The molecule has 1 aliphatic rings. The molecule has 4 rings (SSSR count). The number of anilines is 1. The number of nitrogens with zero attached hydrogens (tertiary/aromatic N) is 1. The molecule has 1 amide bonds. The molecule has 0 fully saturated rings. The SMILES string of the molecule is O=C(COC(=O)/C=C/c1ccc(S(=O)(=O)N2CCc3ccccc32)cc1)NCc1ccc(F)cc1. The maximum Gasteiger partial charge on any atom is 0.331 e. The van der Waals surface area contributed by atoms with Gasteiger partial charge in [-0.25, -0.2) is 17.6 Å². The molecule has 0 unspecified atom stereocenters. The van der Waals surface area contributed by atoms with Gasteiger partial charge < -0.3 is 10.1 Å². The zero-order chi connectivity index (χ0) is 24.8. The Morgan fingerprint density at radius 2 is 1.71 bits per heavy atom. The molecule has 0 saturated carbocycles. The minimum atomic E-state index is -3.69. The van der Waals surface area contributed by atoms with E-state index in [9.17, 15) is 22.4 Å². The lowest BCUT2D eigenvalue weighted by molar-refractivity contribution is -0.143. The van der Waals surface area contributed by atoms with Crippen LogP contribution in [0.25, 0.3) is 6.08 Å². The normalized spacial score (nSPS) is 13.0. The second kappa shape index (κ2) is 10.5. The van der Waals surface area contributed by atoms with Crippen molar-refractivity contribution in [2.24, 2.45) is 0 Å².